The van der Waals surface area contributed by atoms with Gasteiger partial charge < -0.3 is 63.2 Å². The van der Waals surface area contributed by atoms with Gasteiger partial charge in [0.25, 0.3) is 0 Å². The van der Waals surface area contributed by atoms with E-state index in [1.165, 1.54) is 40.0 Å². The van der Waals surface area contributed by atoms with E-state index in [4.69, 9.17) is 37.9 Å². The Morgan fingerprint density at radius 2 is 1.50 bits per heavy atom. The number of methoxy groups -OCH3 is 2. The lowest BCUT2D eigenvalue weighted by Crippen LogP contribution is -2.62. The Morgan fingerprint density at radius 3 is 2.08 bits per heavy atom. The fraction of sp³-hybridized carbons (Fsp3) is 0.867. The largest absolute Gasteiger partial charge is 0.463 e. The normalized spacial score (nSPS) is 42.8. The molecule has 17 nitrogen and oxygen atoms in total. The molecule has 0 unspecified atom stereocenters. The van der Waals surface area contributed by atoms with Gasteiger partial charge in [0.15, 0.2) is 12.6 Å². The molecule has 0 spiro atoms. The molecule has 62 heavy (non-hydrogen) atoms. The van der Waals surface area contributed by atoms with Gasteiger partial charge >= 0.3 is 11.9 Å². The minimum Gasteiger partial charge on any atom is -0.463 e. The number of hydrogen-bond acceptors (Lipinski definition) is 16. The van der Waals surface area contributed by atoms with Crippen LogP contribution in [0.1, 0.15) is 115 Å². The van der Waals surface area contributed by atoms with E-state index in [1.54, 1.807) is 55.4 Å². The summed E-state index contributed by atoms with van der Waals surface area (Å²) < 4.78 is 49.1. The van der Waals surface area contributed by atoms with Gasteiger partial charge in [-0.3, -0.25) is 14.4 Å². The number of hydrogen-bond donors (Lipinski definition) is 4. The van der Waals surface area contributed by atoms with Crippen LogP contribution in [0.4, 0.5) is 0 Å². The van der Waals surface area contributed by atoms with Crippen molar-refractivity contribution in [2.75, 3.05) is 27.9 Å². The van der Waals surface area contributed by atoms with Crippen molar-refractivity contribution in [2.45, 2.75) is 199 Å². The van der Waals surface area contributed by atoms with Gasteiger partial charge in [-0.2, -0.15) is 0 Å². The number of esters is 2. The highest BCUT2D eigenvalue weighted by Gasteiger charge is 2.54. The van der Waals surface area contributed by atoms with E-state index in [1.807, 2.05) is 6.92 Å². The minimum absolute atomic E-state index is 0.00351. The second-order valence-electron chi connectivity index (χ2n) is 18.5. The van der Waals surface area contributed by atoms with Gasteiger partial charge in [0.1, 0.15) is 29.7 Å². The predicted molar refractivity (Wildman–Crippen MR) is 225 cm³/mol. The Kier molecular flexibility index (Phi) is 19.6. The summed E-state index contributed by atoms with van der Waals surface area (Å²) in [5.41, 5.74) is -4.52. The first-order valence-electron chi connectivity index (χ1n) is 22.2. The molecule has 3 heterocycles. The molecule has 18 atom stereocenters. The zero-order chi connectivity index (χ0) is 47.1. The number of nitrogens with zero attached hydrogens (tertiary/aromatic N) is 1. The highest BCUT2D eigenvalue weighted by Crippen LogP contribution is 2.42. The molecular weight excluding hydrogens is 810 g/mol. The van der Waals surface area contributed by atoms with Gasteiger partial charge in [-0.15, -0.1) is 0 Å². The first kappa shape index (κ1) is 53.8. The molecule has 358 valence electrons. The van der Waals surface area contributed by atoms with Crippen molar-refractivity contribution in [2.24, 2.45) is 23.7 Å². The number of carbonyl (C=O) groups is 4. The van der Waals surface area contributed by atoms with E-state index < -0.39 is 126 Å². The lowest BCUT2D eigenvalue weighted by atomic mass is 9.74. The first-order chi connectivity index (χ1) is 28.8. The molecular formula is C45H77NO16. The number of rotatable bonds is 13. The average molecular weight is 888 g/mol. The van der Waals surface area contributed by atoms with Crippen molar-refractivity contribution < 1.29 is 77.5 Å². The van der Waals surface area contributed by atoms with Crippen LogP contribution in [0.15, 0.2) is 12.2 Å². The van der Waals surface area contributed by atoms with Crippen LogP contribution in [0.3, 0.4) is 0 Å². The molecule has 4 N–H and O–H groups in total. The van der Waals surface area contributed by atoms with Crippen LogP contribution in [0.25, 0.3) is 0 Å². The maximum atomic E-state index is 14.3. The maximum Gasteiger partial charge on any atom is 0.330 e. The molecule has 0 bridgehead atoms. The van der Waals surface area contributed by atoms with E-state index >= 15 is 0 Å². The van der Waals surface area contributed by atoms with E-state index in [0.717, 1.165) is 18.6 Å². The van der Waals surface area contributed by atoms with Crippen LogP contribution in [-0.4, -0.2) is 161 Å². The Hall–Kier alpha value is -2.58. The smallest absolute Gasteiger partial charge is 0.330 e. The molecule has 3 aliphatic rings. The third-order valence-corrected chi connectivity index (χ3v) is 13.6. The minimum atomic E-state index is -2.02. The molecule has 0 aromatic rings. The molecule has 0 saturated carbocycles. The van der Waals surface area contributed by atoms with Crippen molar-refractivity contribution in [3.8, 4) is 0 Å². The number of aliphatic hydroxyl groups excluding tert-OH is 3. The molecule has 1 amide bonds. The van der Waals surface area contributed by atoms with Crippen LogP contribution < -0.4 is 0 Å². The summed E-state index contributed by atoms with van der Waals surface area (Å²) in [5.74, 6) is -6.25. The maximum absolute atomic E-state index is 14.3. The molecule has 3 aliphatic heterocycles. The molecule has 0 aromatic carbocycles. The summed E-state index contributed by atoms with van der Waals surface area (Å²) >= 11 is 0. The number of aliphatic hydroxyl groups is 4. The van der Waals surface area contributed by atoms with Crippen molar-refractivity contribution in [1.29, 1.82) is 0 Å². The van der Waals surface area contributed by atoms with Crippen molar-refractivity contribution in [3.05, 3.63) is 12.2 Å². The zero-order valence-corrected chi connectivity index (χ0v) is 39.4. The van der Waals surface area contributed by atoms with Crippen LogP contribution in [0, 0.1) is 23.7 Å². The third kappa shape index (κ3) is 12.4. The molecule has 0 aromatic heterocycles. The molecule has 0 radical (unpaired) electrons. The van der Waals surface area contributed by atoms with E-state index in [2.05, 4.69) is 0 Å². The number of Topliss-reactive ketones (excluding diaryl/α,β-unsaturated/α-hetero) is 1. The standard InChI is InChI=1S/C45H77NO16/c1-15-17-20-57-33(48)19-18-32(47)46(12)30-21-25(4)58-42(36(30)50)62-40-27(6)37(61-34-23-43(9,55-13)39(52)29(8)59-34)28(7)41(53)60-31(16-2)45(11,54)38(51)26(5)35(49)24(3)22-44(40,10)56-14/h18-19,24-31,34,36-40,42,50-52,54H,15-17,20-23H2,1-14H3/b19-18+/t24-,25+,26+,27-,28+,29+,30-,31-,34+,36+,37+,38+,39+,40-,42-,43-,44-,45-/m1/s1. The van der Waals surface area contributed by atoms with Crippen LogP contribution >= 0.6 is 0 Å². The van der Waals surface area contributed by atoms with E-state index in [9.17, 15) is 39.6 Å². The number of ether oxygens (including phenoxy) is 8. The SMILES string of the molecule is CCCCOC(=O)/C=C/C(=O)N(C)[C@@H]1C[C@H](C)O[C@H](O[C@@H]2[C@H](C)[C@H](O[C@H]3C[C@@](C)(OC)[C@@H](O)[C@H](C)O3)[C@H](C)C(=O)O[C@H](CC)[C@@](C)(O)[C@@H](O)[C@@H](C)C(=O)[C@H](C)C[C@@]2(C)OC)[C@H]1O. The van der Waals surface area contributed by atoms with Crippen LogP contribution in [0.2, 0.25) is 0 Å². The summed E-state index contributed by atoms with van der Waals surface area (Å²) in [6, 6.07) is -0.850. The summed E-state index contributed by atoms with van der Waals surface area (Å²) in [4.78, 5) is 55.4. The summed E-state index contributed by atoms with van der Waals surface area (Å²) in [5, 5.41) is 46.2. The van der Waals surface area contributed by atoms with Gasteiger partial charge in [0.05, 0.1) is 60.3 Å². The highest BCUT2D eigenvalue weighted by atomic mass is 16.7. The third-order valence-electron chi connectivity index (χ3n) is 13.6. The van der Waals surface area contributed by atoms with Gasteiger partial charge in [-0.25, -0.2) is 4.79 Å². The van der Waals surface area contributed by atoms with Crippen LogP contribution in [-0.2, 0) is 57.1 Å². The predicted octanol–water partition coefficient (Wildman–Crippen LogP) is 3.24. The van der Waals surface area contributed by atoms with E-state index in [-0.39, 0.29) is 38.1 Å². The number of likely N-dealkylation sites (N-methyl/N-ethyl adjacent to an activating group) is 1. The van der Waals surface area contributed by atoms with Gasteiger partial charge in [-0.1, -0.05) is 41.0 Å². The number of ketones is 1. The topological polar surface area (TPSA) is 226 Å². The lowest BCUT2D eigenvalue weighted by molar-refractivity contribution is -0.319. The van der Waals surface area contributed by atoms with E-state index in [0.29, 0.717) is 6.42 Å². The molecule has 3 saturated heterocycles. The molecule has 17 heteroatoms. The second-order valence-corrected chi connectivity index (χ2v) is 18.5. The second kappa shape index (κ2) is 22.6. The Balaban J connectivity index is 2.16. The number of carbonyl (C=O) groups excluding carboxylic acids is 4. The summed E-state index contributed by atoms with van der Waals surface area (Å²) in [6.45, 7) is 18.7. The average Bonchev–Trinajstić information content (AvgIpc) is 3.23. The molecule has 0 aliphatic carbocycles. The molecule has 3 rings (SSSR count). The molecule has 3 fully saturated rings. The Labute approximate surface area is 368 Å². The summed E-state index contributed by atoms with van der Waals surface area (Å²) in [6.07, 6.45) is -7.26. The quantitative estimate of drug-likeness (QED) is 0.118. The van der Waals surface area contributed by atoms with Gasteiger partial charge in [0, 0.05) is 57.6 Å². The Bertz CT molecular complexity index is 1530. The van der Waals surface area contributed by atoms with Crippen LogP contribution in [0.5, 0.6) is 0 Å². The van der Waals surface area contributed by atoms with Gasteiger partial charge in [0.2, 0.25) is 5.91 Å². The fourth-order valence-corrected chi connectivity index (χ4v) is 9.24. The number of cyclic esters (lactones) is 1. The van der Waals surface area contributed by atoms with Crippen molar-refractivity contribution in [3.63, 3.8) is 0 Å². The summed E-state index contributed by atoms with van der Waals surface area (Å²) in [7, 11) is 4.41. The van der Waals surface area contributed by atoms with Crippen molar-refractivity contribution >= 4 is 23.6 Å². The number of unbranched alkanes of at least 4 members (excludes halogenated alkanes) is 1. The van der Waals surface area contributed by atoms with Gasteiger partial charge in [-0.05, 0) is 67.2 Å². The zero-order valence-electron chi connectivity index (χ0n) is 39.4. The first-order valence-corrected chi connectivity index (χ1v) is 22.2. The van der Waals surface area contributed by atoms with Crippen molar-refractivity contribution in [1.82, 2.24) is 4.90 Å². The highest BCUT2D eigenvalue weighted by molar-refractivity contribution is 5.94. The number of amides is 1. The fourth-order valence-electron chi connectivity index (χ4n) is 9.24. The monoisotopic (exact) mass is 888 g/mol. The lowest BCUT2D eigenvalue weighted by Gasteiger charge is -2.50. The Morgan fingerprint density at radius 1 is 0.871 bits per heavy atom.